The molecule has 1 unspecified atom stereocenters. The van der Waals surface area contributed by atoms with Gasteiger partial charge >= 0.3 is 0 Å². The molecule has 1 aromatic rings. The third-order valence-corrected chi connectivity index (χ3v) is 3.75. The second kappa shape index (κ2) is 6.70. The molecule has 2 rings (SSSR count). The fraction of sp³-hybridized carbons (Fsp3) is 0.533. The van der Waals surface area contributed by atoms with Crippen molar-refractivity contribution in [3.05, 3.63) is 29.6 Å². The van der Waals surface area contributed by atoms with Gasteiger partial charge in [0, 0.05) is 19.7 Å². The maximum atomic E-state index is 13.6. The molecule has 20 heavy (non-hydrogen) atoms. The number of amides is 1. The molecule has 4 nitrogen and oxygen atoms in total. The molecule has 1 saturated heterocycles. The molecule has 0 spiro atoms. The van der Waals surface area contributed by atoms with Crippen LogP contribution in [0.4, 0.5) is 4.39 Å². The van der Waals surface area contributed by atoms with Crippen LogP contribution in [0.2, 0.25) is 0 Å². The van der Waals surface area contributed by atoms with Crippen molar-refractivity contribution in [2.24, 2.45) is 5.92 Å². The molecule has 0 radical (unpaired) electrons. The largest absolute Gasteiger partial charge is 0.494 e. The molecule has 1 heterocycles. The van der Waals surface area contributed by atoms with Gasteiger partial charge in [-0.2, -0.15) is 0 Å². The number of rotatable bonds is 5. The van der Waals surface area contributed by atoms with Crippen molar-refractivity contribution in [2.75, 3.05) is 26.8 Å². The van der Waals surface area contributed by atoms with E-state index in [2.05, 4.69) is 0 Å². The highest BCUT2D eigenvalue weighted by molar-refractivity contribution is 5.79. The zero-order chi connectivity index (χ0) is 14.5. The highest BCUT2D eigenvalue weighted by atomic mass is 19.1. The van der Waals surface area contributed by atoms with Crippen LogP contribution in [-0.2, 0) is 11.2 Å². The van der Waals surface area contributed by atoms with Crippen molar-refractivity contribution < 1.29 is 19.0 Å². The zero-order valence-electron chi connectivity index (χ0n) is 11.6. The molecule has 0 bridgehead atoms. The van der Waals surface area contributed by atoms with E-state index in [1.807, 2.05) is 0 Å². The average molecular weight is 281 g/mol. The minimum atomic E-state index is -0.447. The zero-order valence-corrected chi connectivity index (χ0v) is 11.6. The summed E-state index contributed by atoms with van der Waals surface area (Å²) in [6, 6.07) is 4.59. The first-order valence-electron chi connectivity index (χ1n) is 6.85. The minimum Gasteiger partial charge on any atom is -0.494 e. The number of hydrogen-bond acceptors (Lipinski definition) is 3. The van der Waals surface area contributed by atoms with Crippen LogP contribution in [0.5, 0.6) is 5.75 Å². The fourth-order valence-electron chi connectivity index (χ4n) is 2.58. The summed E-state index contributed by atoms with van der Waals surface area (Å²) in [7, 11) is 1.41. The molecule has 1 aromatic carbocycles. The molecule has 1 aliphatic heterocycles. The van der Waals surface area contributed by atoms with Gasteiger partial charge in [0.1, 0.15) is 0 Å². The lowest BCUT2D eigenvalue weighted by atomic mass is 10.1. The van der Waals surface area contributed by atoms with Gasteiger partial charge in [0.15, 0.2) is 11.6 Å². The maximum Gasteiger partial charge on any atom is 0.227 e. The van der Waals surface area contributed by atoms with E-state index in [4.69, 9.17) is 9.84 Å². The Labute approximate surface area is 118 Å². The molecule has 1 atom stereocenters. The molecule has 5 heteroatoms. The predicted octanol–water partition coefficient (Wildman–Crippen LogP) is 1.61. The van der Waals surface area contributed by atoms with E-state index in [0.717, 1.165) is 19.4 Å². The van der Waals surface area contributed by atoms with E-state index in [1.165, 1.54) is 19.2 Å². The topological polar surface area (TPSA) is 49.8 Å². The summed E-state index contributed by atoms with van der Waals surface area (Å²) in [5.41, 5.74) is 0.652. The van der Waals surface area contributed by atoms with Crippen LogP contribution in [0, 0.1) is 11.7 Å². The van der Waals surface area contributed by atoms with Crippen molar-refractivity contribution in [2.45, 2.75) is 19.3 Å². The van der Waals surface area contributed by atoms with Gasteiger partial charge in [-0.05, 0) is 36.5 Å². The predicted molar refractivity (Wildman–Crippen MR) is 73.0 cm³/mol. The van der Waals surface area contributed by atoms with Crippen LogP contribution < -0.4 is 4.74 Å². The first-order chi connectivity index (χ1) is 9.63. The normalized spacial score (nSPS) is 18.4. The number of carbonyl (C=O) groups is 1. The molecule has 0 saturated carbocycles. The molecule has 0 aliphatic carbocycles. The molecule has 110 valence electrons. The molecule has 1 aliphatic rings. The Balaban J connectivity index is 1.93. The summed E-state index contributed by atoms with van der Waals surface area (Å²) in [6.07, 6.45) is 1.87. The quantitative estimate of drug-likeness (QED) is 0.892. The summed E-state index contributed by atoms with van der Waals surface area (Å²) < 4.78 is 18.4. The van der Waals surface area contributed by atoms with E-state index in [9.17, 15) is 9.18 Å². The third kappa shape index (κ3) is 3.48. The molecular weight excluding hydrogens is 261 g/mol. The van der Waals surface area contributed by atoms with Crippen molar-refractivity contribution in [3.63, 3.8) is 0 Å². The highest BCUT2D eigenvalue weighted by Crippen LogP contribution is 2.21. The Morgan fingerprint density at radius 3 is 3.00 bits per heavy atom. The van der Waals surface area contributed by atoms with E-state index in [-0.39, 0.29) is 24.7 Å². The molecule has 1 N–H and O–H groups in total. The number of likely N-dealkylation sites (tertiary alicyclic amines) is 1. The number of aliphatic hydroxyl groups excluding tert-OH is 1. The summed E-state index contributed by atoms with van der Waals surface area (Å²) in [6.45, 7) is 1.58. The van der Waals surface area contributed by atoms with Crippen molar-refractivity contribution in [1.29, 1.82) is 0 Å². The average Bonchev–Trinajstić information content (AvgIpc) is 2.88. The maximum absolute atomic E-state index is 13.6. The van der Waals surface area contributed by atoms with Crippen molar-refractivity contribution in [1.82, 2.24) is 4.90 Å². The summed E-state index contributed by atoms with van der Waals surface area (Å²) in [5.74, 6) is 0.134. The number of methoxy groups -OCH3 is 1. The van der Waals surface area contributed by atoms with Crippen LogP contribution >= 0.6 is 0 Å². The van der Waals surface area contributed by atoms with Gasteiger partial charge in [0.25, 0.3) is 0 Å². The molecule has 1 amide bonds. The van der Waals surface area contributed by atoms with Gasteiger partial charge in [-0.3, -0.25) is 4.79 Å². The lowest BCUT2D eigenvalue weighted by molar-refractivity contribution is -0.129. The van der Waals surface area contributed by atoms with Gasteiger partial charge in [-0.25, -0.2) is 4.39 Å². The van der Waals surface area contributed by atoms with Gasteiger partial charge < -0.3 is 14.7 Å². The lowest BCUT2D eigenvalue weighted by Gasteiger charge is -2.16. The van der Waals surface area contributed by atoms with Crippen molar-refractivity contribution in [3.8, 4) is 5.75 Å². The van der Waals surface area contributed by atoms with Gasteiger partial charge in [0.05, 0.1) is 13.5 Å². The number of carbonyl (C=O) groups excluding carboxylic acids is 1. The third-order valence-electron chi connectivity index (χ3n) is 3.75. The van der Waals surface area contributed by atoms with E-state index in [0.29, 0.717) is 18.0 Å². The number of nitrogens with zero attached hydrogens (tertiary/aromatic N) is 1. The first kappa shape index (κ1) is 14.8. The molecular formula is C15H20FNO3. The van der Waals surface area contributed by atoms with Crippen LogP contribution in [0.3, 0.4) is 0 Å². The highest BCUT2D eigenvalue weighted by Gasteiger charge is 2.25. The second-order valence-electron chi connectivity index (χ2n) is 5.15. The summed E-state index contributed by atoms with van der Waals surface area (Å²) in [5, 5.41) is 8.91. The Kier molecular flexibility index (Phi) is 4.95. The number of hydrogen-bond donors (Lipinski definition) is 1. The van der Waals surface area contributed by atoms with Gasteiger partial charge in [-0.15, -0.1) is 0 Å². The Hall–Kier alpha value is -1.62. The minimum absolute atomic E-state index is 0.00927. The van der Waals surface area contributed by atoms with Crippen LogP contribution in [0.25, 0.3) is 0 Å². The molecule has 0 aromatic heterocycles. The van der Waals surface area contributed by atoms with E-state index < -0.39 is 5.82 Å². The number of halogens is 1. The lowest BCUT2D eigenvalue weighted by Crippen LogP contribution is -2.30. The van der Waals surface area contributed by atoms with E-state index in [1.54, 1.807) is 11.0 Å². The summed E-state index contributed by atoms with van der Waals surface area (Å²) >= 11 is 0. The standard InChI is InChI=1S/C15H20FNO3/c1-20-14-3-2-12(8-13(14)16)9-15(19)17-6-4-11(10-17)5-7-18/h2-3,8,11,18H,4-7,9-10H2,1H3. The Bertz CT molecular complexity index is 478. The van der Waals surface area contributed by atoms with Crippen molar-refractivity contribution >= 4 is 5.91 Å². The fourth-order valence-corrected chi connectivity index (χ4v) is 2.58. The van der Waals surface area contributed by atoms with Crippen LogP contribution in [0.15, 0.2) is 18.2 Å². The number of benzene rings is 1. The Morgan fingerprint density at radius 1 is 1.55 bits per heavy atom. The summed E-state index contributed by atoms with van der Waals surface area (Å²) in [4.78, 5) is 13.9. The Morgan fingerprint density at radius 2 is 2.35 bits per heavy atom. The smallest absolute Gasteiger partial charge is 0.227 e. The first-order valence-corrected chi connectivity index (χ1v) is 6.85. The SMILES string of the molecule is COc1ccc(CC(=O)N2CCC(CCO)C2)cc1F. The van der Waals surface area contributed by atoms with E-state index >= 15 is 0 Å². The molecule has 1 fully saturated rings. The number of ether oxygens (including phenoxy) is 1. The van der Waals surface area contributed by atoms with Gasteiger partial charge in [-0.1, -0.05) is 6.07 Å². The second-order valence-corrected chi connectivity index (χ2v) is 5.15. The number of aliphatic hydroxyl groups is 1. The van der Waals surface area contributed by atoms with Crippen LogP contribution in [-0.4, -0.2) is 42.7 Å². The van der Waals surface area contributed by atoms with Crippen LogP contribution in [0.1, 0.15) is 18.4 Å². The van der Waals surface area contributed by atoms with Gasteiger partial charge in [0.2, 0.25) is 5.91 Å². The monoisotopic (exact) mass is 281 g/mol.